The van der Waals surface area contributed by atoms with Crippen LogP contribution in [-0.4, -0.2) is 65.8 Å². The van der Waals surface area contributed by atoms with Crippen molar-refractivity contribution in [3.63, 3.8) is 0 Å². The number of hydrogen-bond acceptors (Lipinski definition) is 6. The summed E-state index contributed by atoms with van der Waals surface area (Å²) in [5.41, 5.74) is 3.67. The van der Waals surface area contributed by atoms with Gasteiger partial charge in [0.05, 0.1) is 0 Å². The molecule has 3 aromatic rings. The maximum absolute atomic E-state index is 12.7. The highest BCUT2D eigenvalue weighted by Crippen LogP contribution is 2.36. The molecule has 0 atom stereocenters. The lowest BCUT2D eigenvalue weighted by atomic mass is 10.0. The molecule has 156 valence electrons. The smallest absolute Gasteiger partial charge is 0.251 e. The van der Waals surface area contributed by atoms with Gasteiger partial charge in [0.15, 0.2) is 5.78 Å². The van der Waals surface area contributed by atoms with E-state index in [4.69, 9.17) is 0 Å². The first-order valence-corrected chi connectivity index (χ1v) is 10.5. The number of ketones is 1. The lowest BCUT2D eigenvalue weighted by Gasteiger charge is -2.34. The molecule has 2 aromatic carbocycles. The van der Waals surface area contributed by atoms with Crippen molar-refractivity contribution in [3.8, 4) is 11.1 Å². The Balaban J connectivity index is 1.14. The third kappa shape index (κ3) is 3.80. The Morgan fingerprint density at radius 3 is 2.35 bits per heavy atom. The Kier molecular flexibility index (Phi) is 5.18. The molecule has 1 amide bonds. The molecule has 1 saturated heterocycles. The Labute approximate surface area is 180 Å². The highest BCUT2D eigenvalue weighted by atomic mass is 16.1. The average Bonchev–Trinajstić information content (AvgIpc) is 3.12. The zero-order valence-electron chi connectivity index (χ0n) is 17.1. The number of carbonyl (C=O) groups is 2. The third-order valence-corrected chi connectivity index (χ3v) is 5.91. The van der Waals surface area contributed by atoms with E-state index in [1.54, 1.807) is 24.5 Å². The molecule has 2 aliphatic rings. The van der Waals surface area contributed by atoms with Gasteiger partial charge in [-0.15, -0.1) is 0 Å². The van der Waals surface area contributed by atoms with Gasteiger partial charge in [-0.1, -0.05) is 30.3 Å². The third-order valence-electron chi connectivity index (χ3n) is 5.91. The van der Waals surface area contributed by atoms with E-state index < -0.39 is 0 Å². The normalized spacial score (nSPS) is 15.5. The number of amides is 1. The highest BCUT2D eigenvalue weighted by molar-refractivity contribution is 6.22. The first-order chi connectivity index (χ1) is 15.2. The second-order valence-corrected chi connectivity index (χ2v) is 7.77. The number of nitrogens with zero attached hydrogens (tertiary/aromatic N) is 4. The molecule has 0 bridgehead atoms. The SMILES string of the molecule is O=C(NCCN1CCN(c2ncccn2)CC1)c1ccc2c(c1)C(=O)c1ccccc1-2. The summed E-state index contributed by atoms with van der Waals surface area (Å²) in [5.74, 6) is 0.604. The predicted molar refractivity (Wildman–Crippen MR) is 118 cm³/mol. The second-order valence-electron chi connectivity index (χ2n) is 7.77. The number of rotatable bonds is 5. The molecule has 1 N–H and O–H groups in total. The van der Waals surface area contributed by atoms with Crippen LogP contribution in [0.15, 0.2) is 60.9 Å². The van der Waals surface area contributed by atoms with Crippen molar-refractivity contribution in [1.29, 1.82) is 0 Å². The van der Waals surface area contributed by atoms with Crippen molar-refractivity contribution in [3.05, 3.63) is 77.6 Å². The fraction of sp³-hybridized carbons (Fsp3) is 0.250. The van der Waals surface area contributed by atoms with Crippen molar-refractivity contribution < 1.29 is 9.59 Å². The molecule has 1 aromatic heterocycles. The summed E-state index contributed by atoms with van der Waals surface area (Å²) in [5, 5.41) is 2.99. The molecule has 2 heterocycles. The van der Waals surface area contributed by atoms with Crippen molar-refractivity contribution in [2.75, 3.05) is 44.2 Å². The van der Waals surface area contributed by atoms with Crippen molar-refractivity contribution >= 4 is 17.6 Å². The largest absolute Gasteiger partial charge is 0.351 e. The molecule has 31 heavy (non-hydrogen) atoms. The van der Waals surface area contributed by atoms with Gasteiger partial charge < -0.3 is 10.2 Å². The lowest BCUT2D eigenvalue weighted by molar-refractivity contribution is 0.0947. The molecular weight excluding hydrogens is 390 g/mol. The minimum Gasteiger partial charge on any atom is -0.351 e. The summed E-state index contributed by atoms with van der Waals surface area (Å²) in [6.07, 6.45) is 3.52. The van der Waals surface area contributed by atoms with E-state index in [1.165, 1.54) is 0 Å². The molecule has 0 spiro atoms. The monoisotopic (exact) mass is 413 g/mol. The number of benzene rings is 2. The van der Waals surface area contributed by atoms with E-state index >= 15 is 0 Å². The Bertz CT molecular complexity index is 1120. The molecule has 5 rings (SSSR count). The van der Waals surface area contributed by atoms with E-state index in [0.29, 0.717) is 23.2 Å². The minimum atomic E-state index is -0.150. The van der Waals surface area contributed by atoms with Crippen LogP contribution in [0.5, 0.6) is 0 Å². The standard InChI is InChI=1S/C24H23N5O2/c30-22-20-5-2-1-4-18(20)19-7-6-17(16-21(19)22)23(31)25-10-11-28-12-14-29(15-13-28)24-26-8-3-9-27-24/h1-9,16H,10-15H2,(H,25,31). The van der Waals surface area contributed by atoms with E-state index in [-0.39, 0.29) is 11.7 Å². The number of aromatic nitrogens is 2. The molecule has 0 unspecified atom stereocenters. The number of carbonyl (C=O) groups excluding carboxylic acids is 2. The van der Waals surface area contributed by atoms with Crippen LogP contribution in [-0.2, 0) is 0 Å². The molecule has 1 aliphatic carbocycles. The fourth-order valence-corrected chi connectivity index (χ4v) is 4.22. The van der Waals surface area contributed by atoms with Gasteiger partial charge >= 0.3 is 0 Å². The van der Waals surface area contributed by atoms with Crippen LogP contribution in [0.2, 0.25) is 0 Å². The van der Waals surface area contributed by atoms with Crippen LogP contribution in [0, 0.1) is 0 Å². The van der Waals surface area contributed by atoms with Crippen LogP contribution in [0.1, 0.15) is 26.3 Å². The number of piperazine rings is 1. The topological polar surface area (TPSA) is 78.4 Å². The molecule has 0 saturated carbocycles. The van der Waals surface area contributed by atoms with Gasteiger partial charge in [-0.05, 0) is 29.3 Å². The molecular formula is C24H23N5O2. The summed E-state index contributed by atoms with van der Waals surface area (Å²) in [6, 6.07) is 14.8. The van der Waals surface area contributed by atoms with E-state index in [0.717, 1.165) is 49.8 Å². The maximum atomic E-state index is 12.7. The molecule has 7 nitrogen and oxygen atoms in total. The highest BCUT2D eigenvalue weighted by Gasteiger charge is 2.27. The summed E-state index contributed by atoms with van der Waals surface area (Å²) in [7, 11) is 0. The maximum Gasteiger partial charge on any atom is 0.251 e. The van der Waals surface area contributed by atoms with Crippen molar-refractivity contribution in [2.45, 2.75) is 0 Å². The summed E-state index contributed by atoms with van der Waals surface area (Å²) >= 11 is 0. The molecule has 1 fully saturated rings. The second kappa shape index (κ2) is 8.28. The van der Waals surface area contributed by atoms with Crippen LogP contribution in [0.3, 0.4) is 0 Å². The number of anilines is 1. The zero-order valence-corrected chi connectivity index (χ0v) is 17.1. The van der Waals surface area contributed by atoms with E-state index in [1.807, 2.05) is 36.4 Å². The van der Waals surface area contributed by atoms with E-state index in [2.05, 4.69) is 25.1 Å². The van der Waals surface area contributed by atoms with Gasteiger partial charge in [0, 0.05) is 68.4 Å². The van der Waals surface area contributed by atoms with Gasteiger partial charge in [0.25, 0.3) is 5.91 Å². The van der Waals surface area contributed by atoms with Crippen LogP contribution in [0.25, 0.3) is 11.1 Å². The first-order valence-electron chi connectivity index (χ1n) is 10.5. The first kappa shape index (κ1) is 19.4. The summed E-state index contributed by atoms with van der Waals surface area (Å²) < 4.78 is 0. The van der Waals surface area contributed by atoms with Crippen LogP contribution < -0.4 is 10.2 Å². The minimum absolute atomic E-state index is 0.0134. The number of hydrogen-bond donors (Lipinski definition) is 1. The van der Waals surface area contributed by atoms with Gasteiger partial charge in [-0.3, -0.25) is 14.5 Å². The van der Waals surface area contributed by atoms with Gasteiger partial charge in [0.2, 0.25) is 5.95 Å². The van der Waals surface area contributed by atoms with Crippen molar-refractivity contribution in [2.24, 2.45) is 0 Å². The molecule has 0 radical (unpaired) electrons. The van der Waals surface area contributed by atoms with Gasteiger partial charge in [-0.25, -0.2) is 9.97 Å². The van der Waals surface area contributed by atoms with Gasteiger partial charge in [-0.2, -0.15) is 0 Å². The number of nitrogens with one attached hydrogen (secondary N) is 1. The Hall–Kier alpha value is -3.58. The Morgan fingerprint density at radius 2 is 1.58 bits per heavy atom. The predicted octanol–water partition coefficient (Wildman–Crippen LogP) is 2.24. The fourth-order valence-electron chi connectivity index (χ4n) is 4.22. The Morgan fingerprint density at radius 1 is 0.871 bits per heavy atom. The van der Waals surface area contributed by atoms with Crippen LogP contribution in [0.4, 0.5) is 5.95 Å². The van der Waals surface area contributed by atoms with Gasteiger partial charge in [0.1, 0.15) is 0 Å². The zero-order chi connectivity index (χ0) is 21.2. The average molecular weight is 413 g/mol. The molecule has 1 aliphatic heterocycles. The molecule has 7 heteroatoms. The lowest BCUT2D eigenvalue weighted by Crippen LogP contribution is -2.49. The number of fused-ring (bicyclic) bond motifs is 3. The summed E-state index contributed by atoms with van der Waals surface area (Å²) in [6.45, 7) is 4.88. The quantitative estimate of drug-likeness (QED) is 0.541. The van der Waals surface area contributed by atoms with E-state index in [9.17, 15) is 9.59 Å². The van der Waals surface area contributed by atoms with Crippen LogP contribution >= 0.6 is 0 Å². The summed E-state index contributed by atoms with van der Waals surface area (Å²) in [4.78, 5) is 38.4. The van der Waals surface area contributed by atoms with Crippen molar-refractivity contribution in [1.82, 2.24) is 20.2 Å².